The largest absolute Gasteiger partial charge is 0.383 e. The molecule has 0 aliphatic heterocycles. The van der Waals surface area contributed by atoms with Gasteiger partial charge in [0.15, 0.2) is 0 Å². The van der Waals surface area contributed by atoms with Gasteiger partial charge in [0.1, 0.15) is 5.84 Å². The number of carbonyl (C=O) groups is 1. The molecule has 20 heavy (non-hydrogen) atoms. The Morgan fingerprint density at radius 1 is 1.55 bits per heavy atom. The van der Waals surface area contributed by atoms with Crippen LogP contribution in [0.15, 0.2) is 12.1 Å². The first kappa shape index (κ1) is 14.8. The molecule has 0 atom stereocenters. The van der Waals surface area contributed by atoms with E-state index in [1.807, 2.05) is 6.07 Å². The first-order chi connectivity index (χ1) is 9.61. The Balaban J connectivity index is 2.15. The molecule has 0 bridgehead atoms. The normalized spacial score (nSPS) is 15.9. The van der Waals surface area contributed by atoms with Gasteiger partial charge in [0, 0.05) is 17.5 Å². The van der Waals surface area contributed by atoms with E-state index in [0.29, 0.717) is 0 Å². The highest BCUT2D eigenvalue weighted by atomic mass is 32.1. The monoisotopic (exact) mass is 291 g/mol. The van der Waals surface area contributed by atoms with Gasteiger partial charge in [0.2, 0.25) is 5.91 Å². The first-order valence-electron chi connectivity index (χ1n) is 7.07. The molecule has 1 heterocycles. The van der Waals surface area contributed by atoms with Gasteiger partial charge in [0.25, 0.3) is 0 Å². The summed E-state index contributed by atoms with van der Waals surface area (Å²) in [5, 5.41) is 10.4. The summed E-state index contributed by atoms with van der Waals surface area (Å²) in [6.07, 6.45) is 6.79. The van der Waals surface area contributed by atoms with Gasteiger partial charge in [0.05, 0.1) is 4.88 Å². The fourth-order valence-corrected chi connectivity index (χ4v) is 3.44. The number of amides is 1. The predicted octanol–water partition coefficient (Wildman–Crippen LogP) is 2.67. The van der Waals surface area contributed by atoms with Gasteiger partial charge in [-0.25, -0.2) is 0 Å². The third-order valence-electron chi connectivity index (χ3n) is 3.41. The first-order valence-corrected chi connectivity index (χ1v) is 7.89. The number of hydrogen-bond donors (Lipinski definition) is 3. The number of allylic oxidation sites excluding steroid dienone is 1. The summed E-state index contributed by atoms with van der Waals surface area (Å²) in [6, 6.07) is 1.95. The third-order valence-corrected chi connectivity index (χ3v) is 4.63. The maximum absolute atomic E-state index is 11.9. The van der Waals surface area contributed by atoms with Crippen LogP contribution in [0.3, 0.4) is 0 Å². The maximum Gasteiger partial charge on any atom is 0.244 e. The minimum atomic E-state index is -0.0168. The zero-order valence-electron chi connectivity index (χ0n) is 11.8. The van der Waals surface area contributed by atoms with Crippen LogP contribution in [-0.4, -0.2) is 18.3 Å². The molecule has 0 unspecified atom stereocenters. The molecule has 5 heteroatoms. The summed E-state index contributed by atoms with van der Waals surface area (Å²) < 4.78 is 0. The molecular formula is C15H21N3OS. The second-order valence-electron chi connectivity index (χ2n) is 5.03. The molecule has 1 aromatic heterocycles. The third kappa shape index (κ3) is 3.48. The van der Waals surface area contributed by atoms with Crippen molar-refractivity contribution in [1.82, 2.24) is 5.32 Å². The van der Waals surface area contributed by atoms with Crippen molar-refractivity contribution in [2.24, 2.45) is 5.73 Å². The van der Waals surface area contributed by atoms with Gasteiger partial charge in [-0.15, -0.1) is 11.3 Å². The van der Waals surface area contributed by atoms with Crippen LogP contribution in [-0.2, 0) is 11.2 Å². The van der Waals surface area contributed by atoms with E-state index in [4.69, 9.17) is 11.1 Å². The topological polar surface area (TPSA) is 79.0 Å². The zero-order chi connectivity index (χ0) is 14.5. The van der Waals surface area contributed by atoms with Gasteiger partial charge in [-0.3, -0.25) is 10.2 Å². The van der Waals surface area contributed by atoms with Crippen LogP contribution in [0.25, 0.3) is 5.57 Å². The van der Waals surface area contributed by atoms with Gasteiger partial charge in [-0.1, -0.05) is 13.3 Å². The number of rotatable bonds is 5. The van der Waals surface area contributed by atoms with E-state index in [1.165, 1.54) is 4.88 Å². The number of carbonyl (C=O) groups excluding carboxylic acids is 1. The van der Waals surface area contributed by atoms with E-state index in [-0.39, 0.29) is 11.7 Å². The molecule has 0 saturated heterocycles. The quantitative estimate of drug-likeness (QED) is 0.337. The van der Waals surface area contributed by atoms with E-state index < -0.39 is 0 Å². The predicted molar refractivity (Wildman–Crippen MR) is 84.2 cm³/mol. The molecule has 2 rings (SSSR count). The molecule has 1 aliphatic carbocycles. The van der Waals surface area contributed by atoms with E-state index in [0.717, 1.165) is 54.7 Å². The van der Waals surface area contributed by atoms with E-state index in [2.05, 4.69) is 12.2 Å². The van der Waals surface area contributed by atoms with Crippen LogP contribution in [0.2, 0.25) is 0 Å². The van der Waals surface area contributed by atoms with E-state index in [9.17, 15) is 4.79 Å². The smallest absolute Gasteiger partial charge is 0.244 e. The highest BCUT2D eigenvalue weighted by Crippen LogP contribution is 2.36. The number of amidine groups is 1. The van der Waals surface area contributed by atoms with Crippen molar-refractivity contribution >= 4 is 28.7 Å². The summed E-state index contributed by atoms with van der Waals surface area (Å²) >= 11 is 1.57. The number of nitrogens with one attached hydrogen (secondary N) is 2. The molecular weight excluding hydrogens is 270 g/mol. The lowest BCUT2D eigenvalue weighted by atomic mass is 9.93. The Kier molecular flexibility index (Phi) is 4.95. The Morgan fingerprint density at radius 3 is 3.05 bits per heavy atom. The average molecular weight is 291 g/mol. The summed E-state index contributed by atoms with van der Waals surface area (Å²) in [7, 11) is 0. The van der Waals surface area contributed by atoms with E-state index >= 15 is 0 Å². The van der Waals surface area contributed by atoms with Crippen LogP contribution < -0.4 is 11.1 Å². The summed E-state index contributed by atoms with van der Waals surface area (Å²) in [6.45, 7) is 2.83. The van der Waals surface area contributed by atoms with Crippen LogP contribution in [0, 0.1) is 5.41 Å². The summed E-state index contributed by atoms with van der Waals surface area (Å²) in [5.74, 6) is 0.0908. The lowest BCUT2D eigenvalue weighted by Gasteiger charge is -2.14. The zero-order valence-corrected chi connectivity index (χ0v) is 12.6. The van der Waals surface area contributed by atoms with Crippen molar-refractivity contribution in [2.75, 3.05) is 6.54 Å². The van der Waals surface area contributed by atoms with Crippen LogP contribution in [0.4, 0.5) is 0 Å². The second kappa shape index (κ2) is 6.70. The van der Waals surface area contributed by atoms with Crippen molar-refractivity contribution in [3.05, 3.63) is 27.5 Å². The Bertz CT molecular complexity index is 545. The number of nitrogens with two attached hydrogens (primary N) is 1. The van der Waals surface area contributed by atoms with Crippen LogP contribution in [0.1, 0.15) is 47.9 Å². The Hall–Kier alpha value is -1.62. The fourth-order valence-electron chi connectivity index (χ4n) is 2.34. The molecule has 1 amide bonds. The molecule has 0 radical (unpaired) electrons. The number of unbranched alkanes of at least 4 members (excludes halogenated alkanes) is 1. The maximum atomic E-state index is 11.9. The molecule has 108 valence electrons. The molecule has 1 aromatic rings. The summed E-state index contributed by atoms with van der Waals surface area (Å²) in [4.78, 5) is 13.9. The molecule has 0 aromatic carbocycles. The van der Waals surface area contributed by atoms with Gasteiger partial charge in [-0.2, -0.15) is 0 Å². The minimum absolute atomic E-state index is 0.0168. The number of aryl methyl sites for hydroxylation is 1. The minimum Gasteiger partial charge on any atom is -0.383 e. The lowest BCUT2D eigenvalue weighted by Crippen LogP contribution is -2.22. The van der Waals surface area contributed by atoms with E-state index in [1.54, 1.807) is 17.4 Å². The van der Waals surface area contributed by atoms with Gasteiger partial charge >= 0.3 is 0 Å². The van der Waals surface area contributed by atoms with Gasteiger partial charge in [-0.05, 0) is 42.9 Å². The number of nitrogen functional groups attached to an aromatic ring is 1. The molecule has 1 aliphatic rings. The number of hydrogen-bond acceptors (Lipinski definition) is 3. The van der Waals surface area contributed by atoms with Crippen molar-refractivity contribution < 1.29 is 4.79 Å². The fraction of sp³-hybridized carbons (Fsp3) is 0.467. The Morgan fingerprint density at radius 2 is 2.35 bits per heavy atom. The lowest BCUT2D eigenvalue weighted by molar-refractivity contribution is -0.116. The van der Waals surface area contributed by atoms with Gasteiger partial charge < -0.3 is 11.1 Å². The van der Waals surface area contributed by atoms with Crippen LogP contribution in [0.5, 0.6) is 0 Å². The molecule has 0 spiro atoms. The van der Waals surface area contributed by atoms with Crippen molar-refractivity contribution in [3.63, 3.8) is 0 Å². The SMILES string of the molecule is CCCCNC(=O)/C=C1/CCCc2sc(C(=N)N)cc21. The number of fused-ring (bicyclic) bond motifs is 1. The molecule has 4 nitrogen and oxygen atoms in total. The molecule has 4 N–H and O–H groups in total. The number of thiophene rings is 1. The van der Waals surface area contributed by atoms with Crippen molar-refractivity contribution in [1.29, 1.82) is 5.41 Å². The average Bonchev–Trinajstić information content (AvgIpc) is 2.84. The standard InChI is InChI=1S/C15H21N3OS/c1-2-3-7-18-14(19)8-10-5-4-6-12-11(10)9-13(20-12)15(16)17/h8-9H,2-7H2,1H3,(H3,16,17)(H,18,19)/b10-8-. The van der Waals surface area contributed by atoms with Crippen molar-refractivity contribution in [3.8, 4) is 0 Å². The second-order valence-corrected chi connectivity index (χ2v) is 6.17. The molecule has 0 fully saturated rings. The van der Waals surface area contributed by atoms with Crippen LogP contribution >= 0.6 is 11.3 Å². The summed E-state index contributed by atoms with van der Waals surface area (Å²) in [5.41, 5.74) is 7.73. The molecule has 0 saturated carbocycles. The Labute approximate surface area is 123 Å². The highest BCUT2D eigenvalue weighted by molar-refractivity contribution is 7.14. The van der Waals surface area contributed by atoms with Crippen molar-refractivity contribution in [2.45, 2.75) is 39.0 Å². The highest BCUT2D eigenvalue weighted by Gasteiger charge is 2.19.